The number of hydrogen-bond donors (Lipinski definition) is 2. The van der Waals surface area contributed by atoms with Crippen molar-refractivity contribution in [2.24, 2.45) is 10.2 Å². The lowest BCUT2D eigenvalue weighted by Crippen LogP contribution is -2.28. The summed E-state index contributed by atoms with van der Waals surface area (Å²) < 4.78 is 4.92. The summed E-state index contributed by atoms with van der Waals surface area (Å²) in [5.74, 6) is -1.24. The average Bonchev–Trinajstić information content (AvgIpc) is 3.38. The molecule has 0 bridgehead atoms. The Kier molecular flexibility index (Phi) is 7.56. The van der Waals surface area contributed by atoms with Crippen molar-refractivity contribution in [1.82, 2.24) is 5.32 Å². The quantitative estimate of drug-likeness (QED) is 0.248. The molecule has 1 unspecified atom stereocenters. The molecule has 0 radical (unpaired) electrons. The van der Waals surface area contributed by atoms with Crippen molar-refractivity contribution in [1.29, 1.82) is 0 Å². The number of benzene rings is 1. The first kappa shape index (κ1) is 24.5. The summed E-state index contributed by atoms with van der Waals surface area (Å²) in [5.41, 5.74) is 1.92. The Balaban J connectivity index is 1.37. The van der Waals surface area contributed by atoms with E-state index in [4.69, 9.17) is 4.74 Å². The predicted molar refractivity (Wildman–Crippen MR) is 133 cm³/mol. The number of thioether (sulfide) groups is 1. The standard InChI is InChI=1S/C22H21N5O6S2/c1-33-21(30)18-14-4-2-3-5-15(14)34-20(18)24-17(28)10-16-19(29)25-22(35-16)26-23-11-12-6-8-13(9-7-12)27(31)32/h6-9,11,16H,2-5,10H2,1H3,(H,24,28)(H,25,26,29)/b23-11+. The van der Waals surface area contributed by atoms with Crippen molar-refractivity contribution >= 4 is 63.0 Å². The van der Waals surface area contributed by atoms with Gasteiger partial charge in [-0.3, -0.25) is 19.7 Å². The van der Waals surface area contributed by atoms with Crippen LogP contribution in [0.3, 0.4) is 0 Å². The number of amidine groups is 1. The number of nitro benzene ring substituents is 1. The van der Waals surface area contributed by atoms with Gasteiger partial charge >= 0.3 is 5.97 Å². The Morgan fingerprint density at radius 2 is 2.03 bits per heavy atom. The number of fused-ring (bicyclic) bond motifs is 1. The molecule has 1 aliphatic carbocycles. The highest BCUT2D eigenvalue weighted by Gasteiger charge is 2.33. The molecule has 2 aromatic rings. The van der Waals surface area contributed by atoms with Gasteiger partial charge in [0, 0.05) is 23.4 Å². The molecule has 2 amide bonds. The van der Waals surface area contributed by atoms with E-state index in [0.29, 0.717) is 16.1 Å². The number of carbonyl (C=O) groups excluding carboxylic acids is 3. The molecule has 0 saturated carbocycles. The molecule has 4 rings (SSSR count). The summed E-state index contributed by atoms with van der Waals surface area (Å²) in [6, 6.07) is 5.76. The number of hydrogen-bond acceptors (Lipinski definition) is 10. The second kappa shape index (κ2) is 10.8. The van der Waals surface area contributed by atoms with Crippen molar-refractivity contribution < 1.29 is 24.0 Å². The monoisotopic (exact) mass is 515 g/mol. The van der Waals surface area contributed by atoms with Crippen LogP contribution in [-0.2, 0) is 27.2 Å². The molecule has 182 valence electrons. The van der Waals surface area contributed by atoms with Gasteiger partial charge in [0.15, 0.2) is 5.17 Å². The minimum Gasteiger partial charge on any atom is -0.465 e. The van der Waals surface area contributed by atoms with Gasteiger partial charge in [-0.2, -0.15) is 5.10 Å². The number of nitrogens with one attached hydrogen (secondary N) is 2. The zero-order valence-electron chi connectivity index (χ0n) is 18.6. The van der Waals surface area contributed by atoms with E-state index in [2.05, 4.69) is 20.8 Å². The van der Waals surface area contributed by atoms with Crippen LogP contribution >= 0.6 is 23.1 Å². The Labute approximate surface area is 208 Å². The van der Waals surface area contributed by atoms with E-state index in [1.54, 1.807) is 0 Å². The van der Waals surface area contributed by atoms with Crippen LogP contribution in [0.15, 0.2) is 34.5 Å². The van der Waals surface area contributed by atoms with E-state index in [1.165, 1.54) is 48.9 Å². The Bertz CT molecular complexity index is 1240. The Morgan fingerprint density at radius 1 is 1.29 bits per heavy atom. The van der Waals surface area contributed by atoms with Gasteiger partial charge in [-0.05, 0) is 48.9 Å². The van der Waals surface area contributed by atoms with Crippen LogP contribution in [-0.4, -0.2) is 46.4 Å². The van der Waals surface area contributed by atoms with Gasteiger partial charge in [0.25, 0.3) is 5.69 Å². The van der Waals surface area contributed by atoms with Crippen LogP contribution in [0.2, 0.25) is 0 Å². The van der Waals surface area contributed by atoms with E-state index in [1.807, 2.05) is 0 Å². The van der Waals surface area contributed by atoms with Crippen LogP contribution in [0, 0.1) is 10.1 Å². The minimum absolute atomic E-state index is 0.0328. The maximum atomic E-state index is 12.7. The number of amides is 2. The van der Waals surface area contributed by atoms with Crippen molar-refractivity contribution in [2.75, 3.05) is 12.4 Å². The molecule has 1 atom stereocenters. The third kappa shape index (κ3) is 5.74. The third-order valence-corrected chi connectivity index (χ3v) is 7.70. The van der Waals surface area contributed by atoms with Crippen molar-refractivity contribution in [2.45, 2.75) is 37.4 Å². The molecule has 1 fully saturated rings. The lowest BCUT2D eigenvalue weighted by atomic mass is 9.95. The fourth-order valence-electron chi connectivity index (χ4n) is 3.73. The molecule has 35 heavy (non-hydrogen) atoms. The number of aryl methyl sites for hydroxylation is 1. The molecule has 2 aliphatic rings. The average molecular weight is 516 g/mol. The van der Waals surface area contributed by atoms with Crippen LogP contribution in [0.1, 0.15) is 45.6 Å². The zero-order chi connectivity index (χ0) is 24.9. The Hall–Kier alpha value is -3.58. The van der Waals surface area contributed by atoms with Gasteiger partial charge in [-0.1, -0.05) is 11.8 Å². The molecular formula is C22H21N5O6S2. The smallest absolute Gasteiger partial charge is 0.341 e. The fourth-order valence-corrected chi connectivity index (χ4v) is 5.95. The number of non-ortho nitro benzene ring substituents is 1. The van der Waals surface area contributed by atoms with Crippen molar-refractivity contribution in [3.63, 3.8) is 0 Å². The predicted octanol–water partition coefficient (Wildman–Crippen LogP) is 3.27. The fraction of sp³-hybridized carbons (Fsp3) is 0.318. The summed E-state index contributed by atoms with van der Waals surface area (Å²) >= 11 is 2.46. The van der Waals surface area contributed by atoms with E-state index >= 15 is 0 Å². The molecular weight excluding hydrogens is 494 g/mol. The molecule has 13 heteroatoms. The van der Waals surface area contributed by atoms with Gasteiger partial charge in [0.2, 0.25) is 11.8 Å². The van der Waals surface area contributed by atoms with Gasteiger partial charge in [-0.15, -0.1) is 16.4 Å². The van der Waals surface area contributed by atoms with Gasteiger partial charge in [0.05, 0.1) is 23.8 Å². The molecule has 1 saturated heterocycles. The number of esters is 1. The second-order valence-electron chi connectivity index (χ2n) is 7.75. The maximum absolute atomic E-state index is 12.7. The van der Waals surface area contributed by atoms with Crippen molar-refractivity contribution in [3.8, 4) is 0 Å². The van der Waals surface area contributed by atoms with E-state index < -0.39 is 22.0 Å². The van der Waals surface area contributed by atoms with E-state index in [-0.39, 0.29) is 23.2 Å². The number of rotatable bonds is 7. The number of nitrogens with zero attached hydrogens (tertiary/aromatic N) is 3. The maximum Gasteiger partial charge on any atom is 0.341 e. The second-order valence-corrected chi connectivity index (χ2v) is 10.0. The number of methoxy groups -OCH3 is 1. The molecule has 1 aliphatic heterocycles. The molecule has 11 nitrogen and oxygen atoms in total. The van der Waals surface area contributed by atoms with Crippen LogP contribution < -0.4 is 10.6 Å². The first-order valence-corrected chi connectivity index (χ1v) is 12.4. The first-order valence-electron chi connectivity index (χ1n) is 10.7. The third-order valence-electron chi connectivity index (χ3n) is 5.42. The molecule has 2 heterocycles. The SMILES string of the molecule is COC(=O)c1c(NC(=O)CC2SC(=N/N=C/c3ccc([N+](=O)[O-])cc3)NC2=O)sc2c1CCCC2. The van der Waals surface area contributed by atoms with Gasteiger partial charge < -0.3 is 15.4 Å². The number of ether oxygens (including phenoxy) is 1. The lowest BCUT2D eigenvalue weighted by molar-refractivity contribution is -0.384. The van der Waals surface area contributed by atoms with Crippen LogP contribution in [0.4, 0.5) is 10.7 Å². The number of anilines is 1. The molecule has 1 aromatic heterocycles. The molecule has 2 N–H and O–H groups in total. The highest BCUT2D eigenvalue weighted by molar-refractivity contribution is 8.15. The van der Waals surface area contributed by atoms with E-state index in [9.17, 15) is 24.5 Å². The van der Waals surface area contributed by atoms with Crippen molar-refractivity contribution in [3.05, 3.63) is 55.9 Å². The first-order chi connectivity index (χ1) is 16.9. The van der Waals surface area contributed by atoms with Gasteiger partial charge in [0.1, 0.15) is 10.3 Å². The molecule has 0 spiro atoms. The van der Waals surface area contributed by atoms with Crippen LogP contribution in [0.5, 0.6) is 0 Å². The van der Waals surface area contributed by atoms with Crippen LogP contribution in [0.25, 0.3) is 0 Å². The largest absolute Gasteiger partial charge is 0.465 e. The van der Waals surface area contributed by atoms with E-state index in [0.717, 1.165) is 47.9 Å². The number of thiophene rings is 1. The molecule has 1 aromatic carbocycles. The lowest BCUT2D eigenvalue weighted by Gasteiger charge is -2.12. The summed E-state index contributed by atoms with van der Waals surface area (Å²) in [6.07, 6.45) is 4.94. The zero-order valence-corrected chi connectivity index (χ0v) is 20.2. The summed E-state index contributed by atoms with van der Waals surface area (Å²) in [5, 5.41) is 23.9. The highest BCUT2D eigenvalue weighted by Crippen LogP contribution is 2.38. The topological polar surface area (TPSA) is 152 Å². The van der Waals surface area contributed by atoms with Gasteiger partial charge in [-0.25, -0.2) is 4.79 Å². The number of nitro groups is 1. The summed E-state index contributed by atoms with van der Waals surface area (Å²) in [4.78, 5) is 48.6. The Morgan fingerprint density at radius 3 is 2.74 bits per heavy atom. The summed E-state index contributed by atoms with van der Waals surface area (Å²) in [7, 11) is 1.31. The normalized spacial score (nSPS) is 18.4. The number of carbonyl (C=O) groups is 3. The summed E-state index contributed by atoms with van der Waals surface area (Å²) in [6.45, 7) is 0. The minimum atomic E-state index is -0.695. The highest BCUT2D eigenvalue weighted by atomic mass is 32.2.